The lowest BCUT2D eigenvalue weighted by Crippen LogP contribution is -2.47. The molecular formula is C14H20N2OS. The SMILES string of the molecule is COc1cccc(SCC(C)(C#N)NC(C)C)c1. The summed E-state index contributed by atoms with van der Waals surface area (Å²) in [5.74, 6) is 1.55. The van der Waals surface area contributed by atoms with Crippen LogP contribution in [-0.4, -0.2) is 24.4 Å². The lowest BCUT2D eigenvalue weighted by atomic mass is 10.1. The van der Waals surface area contributed by atoms with Crippen LogP contribution in [0.4, 0.5) is 0 Å². The molecule has 18 heavy (non-hydrogen) atoms. The predicted octanol–water partition coefficient (Wildman–Crippen LogP) is 3.07. The number of methoxy groups -OCH3 is 1. The zero-order chi connectivity index (χ0) is 13.6. The van der Waals surface area contributed by atoms with Crippen molar-refractivity contribution in [2.45, 2.75) is 37.2 Å². The molecule has 0 bridgehead atoms. The lowest BCUT2D eigenvalue weighted by molar-refractivity contribution is 0.413. The normalized spacial score (nSPS) is 14.0. The van der Waals surface area contributed by atoms with E-state index in [-0.39, 0.29) is 0 Å². The van der Waals surface area contributed by atoms with Gasteiger partial charge in [-0.1, -0.05) is 6.07 Å². The number of benzene rings is 1. The second-order valence-corrected chi connectivity index (χ2v) is 5.76. The summed E-state index contributed by atoms with van der Waals surface area (Å²) in [5, 5.41) is 12.6. The number of rotatable bonds is 6. The number of nitrogens with one attached hydrogen (secondary N) is 1. The monoisotopic (exact) mass is 264 g/mol. The van der Waals surface area contributed by atoms with Gasteiger partial charge in [0, 0.05) is 16.7 Å². The van der Waals surface area contributed by atoms with Crippen LogP contribution in [0.2, 0.25) is 0 Å². The van der Waals surface area contributed by atoms with Crippen LogP contribution in [-0.2, 0) is 0 Å². The Balaban J connectivity index is 2.65. The topological polar surface area (TPSA) is 45.0 Å². The largest absolute Gasteiger partial charge is 0.497 e. The summed E-state index contributed by atoms with van der Waals surface area (Å²) in [6.07, 6.45) is 0. The molecule has 1 aromatic rings. The first-order valence-electron chi connectivity index (χ1n) is 5.95. The Labute approximate surface area is 114 Å². The highest BCUT2D eigenvalue weighted by Gasteiger charge is 2.24. The van der Waals surface area contributed by atoms with E-state index in [0.717, 1.165) is 10.6 Å². The van der Waals surface area contributed by atoms with Crippen LogP contribution < -0.4 is 10.1 Å². The maximum absolute atomic E-state index is 9.26. The third kappa shape index (κ3) is 4.59. The first-order chi connectivity index (χ1) is 8.49. The molecule has 0 fully saturated rings. The molecule has 98 valence electrons. The standard InChI is InChI=1S/C14H20N2OS/c1-11(2)16-14(3,9-15)10-18-13-7-5-6-12(8-13)17-4/h5-8,11,16H,10H2,1-4H3. The highest BCUT2D eigenvalue weighted by Crippen LogP contribution is 2.26. The summed E-state index contributed by atoms with van der Waals surface area (Å²) < 4.78 is 5.18. The molecule has 0 heterocycles. The highest BCUT2D eigenvalue weighted by atomic mass is 32.2. The molecule has 0 aliphatic heterocycles. The molecule has 0 spiro atoms. The van der Waals surface area contributed by atoms with E-state index in [1.54, 1.807) is 18.9 Å². The van der Waals surface area contributed by atoms with Crippen LogP contribution in [0, 0.1) is 11.3 Å². The lowest BCUT2D eigenvalue weighted by Gasteiger charge is -2.25. The molecule has 0 amide bonds. The van der Waals surface area contributed by atoms with Crippen molar-refractivity contribution < 1.29 is 4.74 Å². The Hall–Kier alpha value is -1.18. The van der Waals surface area contributed by atoms with Crippen molar-refractivity contribution in [1.29, 1.82) is 5.26 Å². The first kappa shape index (κ1) is 14.9. The van der Waals surface area contributed by atoms with Gasteiger partial charge < -0.3 is 4.74 Å². The average Bonchev–Trinajstić information content (AvgIpc) is 2.36. The van der Waals surface area contributed by atoms with Crippen molar-refractivity contribution in [3.63, 3.8) is 0 Å². The summed E-state index contributed by atoms with van der Waals surface area (Å²) in [6, 6.07) is 10.5. The van der Waals surface area contributed by atoms with Gasteiger partial charge in [0.15, 0.2) is 0 Å². The van der Waals surface area contributed by atoms with E-state index in [2.05, 4.69) is 11.4 Å². The van der Waals surface area contributed by atoms with E-state index in [0.29, 0.717) is 11.8 Å². The van der Waals surface area contributed by atoms with Crippen molar-refractivity contribution in [2.24, 2.45) is 0 Å². The van der Waals surface area contributed by atoms with Gasteiger partial charge in [-0.25, -0.2) is 0 Å². The molecule has 0 saturated carbocycles. The third-order valence-electron chi connectivity index (χ3n) is 2.42. The molecule has 0 radical (unpaired) electrons. The molecule has 1 aromatic carbocycles. The van der Waals surface area contributed by atoms with Gasteiger partial charge in [-0.05, 0) is 39.0 Å². The van der Waals surface area contributed by atoms with Gasteiger partial charge in [0.25, 0.3) is 0 Å². The summed E-state index contributed by atoms with van der Waals surface area (Å²) in [4.78, 5) is 1.11. The number of hydrogen-bond acceptors (Lipinski definition) is 4. The van der Waals surface area contributed by atoms with Gasteiger partial charge in [0.1, 0.15) is 11.3 Å². The predicted molar refractivity (Wildman–Crippen MR) is 76.0 cm³/mol. The van der Waals surface area contributed by atoms with Gasteiger partial charge in [0.05, 0.1) is 13.2 Å². The van der Waals surface area contributed by atoms with E-state index in [1.807, 2.05) is 45.0 Å². The molecule has 1 unspecified atom stereocenters. The van der Waals surface area contributed by atoms with Crippen molar-refractivity contribution in [1.82, 2.24) is 5.32 Å². The molecule has 3 nitrogen and oxygen atoms in total. The minimum atomic E-state index is -0.512. The molecule has 4 heteroatoms. The zero-order valence-electron chi connectivity index (χ0n) is 11.4. The number of thioether (sulfide) groups is 1. The van der Waals surface area contributed by atoms with E-state index < -0.39 is 5.54 Å². The van der Waals surface area contributed by atoms with E-state index in [1.165, 1.54) is 0 Å². The van der Waals surface area contributed by atoms with Crippen LogP contribution in [0.5, 0.6) is 5.75 Å². The average molecular weight is 264 g/mol. The number of nitriles is 1. The van der Waals surface area contributed by atoms with Crippen LogP contribution in [0.15, 0.2) is 29.2 Å². The number of hydrogen-bond donors (Lipinski definition) is 1. The van der Waals surface area contributed by atoms with Crippen molar-refractivity contribution >= 4 is 11.8 Å². The summed E-state index contributed by atoms with van der Waals surface area (Å²) in [5.41, 5.74) is -0.512. The Morgan fingerprint density at radius 2 is 2.22 bits per heavy atom. The van der Waals surface area contributed by atoms with Gasteiger partial charge in [-0.3, -0.25) is 5.32 Å². The van der Waals surface area contributed by atoms with Crippen molar-refractivity contribution in [3.05, 3.63) is 24.3 Å². The minimum absolute atomic E-state index is 0.292. The molecule has 1 rings (SSSR count). The molecule has 0 aromatic heterocycles. The molecular weight excluding hydrogens is 244 g/mol. The smallest absolute Gasteiger partial charge is 0.119 e. The third-order valence-corrected chi connectivity index (χ3v) is 3.73. The molecule has 0 aliphatic rings. The fraction of sp³-hybridized carbons (Fsp3) is 0.500. The van der Waals surface area contributed by atoms with Crippen molar-refractivity contribution in [2.75, 3.05) is 12.9 Å². The van der Waals surface area contributed by atoms with Crippen LogP contribution in [0.25, 0.3) is 0 Å². The molecule has 0 saturated heterocycles. The Morgan fingerprint density at radius 3 is 2.78 bits per heavy atom. The van der Waals surface area contributed by atoms with Gasteiger partial charge in [-0.2, -0.15) is 5.26 Å². The van der Waals surface area contributed by atoms with Crippen molar-refractivity contribution in [3.8, 4) is 11.8 Å². The maximum Gasteiger partial charge on any atom is 0.119 e. The highest BCUT2D eigenvalue weighted by molar-refractivity contribution is 7.99. The number of nitrogens with zero attached hydrogens (tertiary/aromatic N) is 1. The van der Waals surface area contributed by atoms with Crippen LogP contribution in [0.3, 0.4) is 0 Å². The Kier molecular flexibility index (Phi) is 5.52. The Bertz CT molecular complexity index is 428. The summed E-state index contributed by atoms with van der Waals surface area (Å²) >= 11 is 1.66. The van der Waals surface area contributed by atoms with Gasteiger partial charge in [-0.15, -0.1) is 11.8 Å². The van der Waals surface area contributed by atoms with E-state index in [9.17, 15) is 5.26 Å². The first-order valence-corrected chi connectivity index (χ1v) is 6.93. The minimum Gasteiger partial charge on any atom is -0.497 e. The number of ether oxygens (including phenoxy) is 1. The fourth-order valence-corrected chi connectivity index (χ4v) is 2.64. The van der Waals surface area contributed by atoms with Gasteiger partial charge in [0.2, 0.25) is 0 Å². The molecule has 1 atom stereocenters. The molecule has 0 aliphatic carbocycles. The van der Waals surface area contributed by atoms with Crippen LogP contribution >= 0.6 is 11.8 Å². The zero-order valence-corrected chi connectivity index (χ0v) is 12.2. The Morgan fingerprint density at radius 1 is 1.50 bits per heavy atom. The second kappa shape index (κ2) is 6.67. The summed E-state index contributed by atoms with van der Waals surface area (Å²) in [6.45, 7) is 6.03. The van der Waals surface area contributed by atoms with Crippen LogP contribution in [0.1, 0.15) is 20.8 Å². The van der Waals surface area contributed by atoms with E-state index in [4.69, 9.17) is 4.74 Å². The quantitative estimate of drug-likeness (QED) is 0.802. The van der Waals surface area contributed by atoms with Gasteiger partial charge >= 0.3 is 0 Å². The maximum atomic E-state index is 9.26. The molecule has 1 N–H and O–H groups in total. The fourth-order valence-electron chi connectivity index (χ4n) is 1.66. The second-order valence-electron chi connectivity index (χ2n) is 4.71. The summed E-state index contributed by atoms with van der Waals surface area (Å²) in [7, 11) is 1.66. The van der Waals surface area contributed by atoms with E-state index >= 15 is 0 Å².